The number of anilines is 1. The second kappa shape index (κ2) is 6.16. The zero-order valence-electron chi connectivity index (χ0n) is 7.64. The summed E-state index contributed by atoms with van der Waals surface area (Å²) in [5.74, 6) is 0.144. The van der Waals surface area contributed by atoms with E-state index in [-0.39, 0.29) is 11.2 Å². The standard InChI is InChI=1S/C6H5Cl.C3H3ClN4/c7-6-4-2-1-3-5-6;4-2-6-1-7-3(5)8-2/h1-5H;1H,(H2,5,6,7,8). The van der Waals surface area contributed by atoms with Gasteiger partial charge >= 0.3 is 0 Å². The van der Waals surface area contributed by atoms with Crippen molar-refractivity contribution in [1.29, 1.82) is 0 Å². The Hall–Kier alpha value is -1.39. The number of halogens is 2. The van der Waals surface area contributed by atoms with E-state index in [4.69, 9.17) is 28.9 Å². The summed E-state index contributed by atoms with van der Waals surface area (Å²) in [5.41, 5.74) is 5.11. The SMILES string of the molecule is Clc1ccccc1.Nc1ncnc(Cl)n1. The molecular weight excluding hydrogens is 235 g/mol. The quantitative estimate of drug-likeness (QED) is 0.771. The van der Waals surface area contributed by atoms with Gasteiger partial charge in [-0.2, -0.15) is 4.98 Å². The molecule has 0 saturated heterocycles. The van der Waals surface area contributed by atoms with E-state index >= 15 is 0 Å². The summed E-state index contributed by atoms with van der Waals surface area (Å²) in [5, 5.41) is 0.917. The number of hydrogen-bond acceptors (Lipinski definition) is 4. The first-order valence-corrected chi connectivity index (χ1v) is 4.74. The summed E-state index contributed by atoms with van der Waals surface area (Å²) in [7, 11) is 0. The van der Waals surface area contributed by atoms with E-state index in [1.807, 2.05) is 30.3 Å². The molecule has 0 bridgehead atoms. The van der Waals surface area contributed by atoms with Gasteiger partial charge in [0.05, 0.1) is 0 Å². The summed E-state index contributed by atoms with van der Waals surface area (Å²) in [6.45, 7) is 0. The molecule has 4 nitrogen and oxygen atoms in total. The first-order chi connectivity index (χ1) is 7.18. The minimum atomic E-state index is 0.123. The molecule has 0 amide bonds. The van der Waals surface area contributed by atoms with Crippen LogP contribution in [-0.4, -0.2) is 15.0 Å². The van der Waals surface area contributed by atoms with E-state index in [1.165, 1.54) is 6.33 Å². The molecule has 0 spiro atoms. The molecule has 1 aromatic carbocycles. The molecule has 2 N–H and O–H groups in total. The number of nitrogen functional groups attached to an aromatic ring is 1. The maximum atomic E-state index is 5.54. The fourth-order valence-corrected chi connectivity index (χ4v) is 0.978. The lowest BCUT2D eigenvalue weighted by Crippen LogP contribution is -1.94. The van der Waals surface area contributed by atoms with Crippen LogP contribution in [0.5, 0.6) is 0 Å². The molecular formula is C9H8Cl2N4. The Labute approximate surface area is 97.1 Å². The van der Waals surface area contributed by atoms with Crippen molar-refractivity contribution in [3.63, 3.8) is 0 Å². The Morgan fingerprint density at radius 1 is 1.00 bits per heavy atom. The minimum absolute atomic E-state index is 0.123. The normalized spacial score (nSPS) is 8.93. The van der Waals surface area contributed by atoms with Crippen LogP contribution in [0.3, 0.4) is 0 Å². The molecule has 0 fully saturated rings. The van der Waals surface area contributed by atoms with Crippen molar-refractivity contribution in [1.82, 2.24) is 15.0 Å². The molecule has 2 aromatic rings. The van der Waals surface area contributed by atoms with Gasteiger partial charge < -0.3 is 5.73 Å². The van der Waals surface area contributed by atoms with Crippen LogP contribution in [0.1, 0.15) is 0 Å². The fraction of sp³-hybridized carbons (Fsp3) is 0. The van der Waals surface area contributed by atoms with Crippen LogP contribution < -0.4 is 5.73 Å². The van der Waals surface area contributed by atoms with Crippen molar-refractivity contribution in [3.05, 3.63) is 47.0 Å². The number of nitrogens with zero attached hydrogens (tertiary/aromatic N) is 3. The van der Waals surface area contributed by atoms with Crippen LogP contribution in [0, 0.1) is 0 Å². The van der Waals surface area contributed by atoms with Crippen LogP contribution >= 0.6 is 23.2 Å². The van der Waals surface area contributed by atoms with E-state index < -0.39 is 0 Å². The van der Waals surface area contributed by atoms with Crippen LogP contribution in [-0.2, 0) is 0 Å². The predicted molar refractivity (Wildman–Crippen MR) is 60.7 cm³/mol. The lowest BCUT2D eigenvalue weighted by atomic mass is 10.4. The molecule has 0 aliphatic heterocycles. The molecule has 15 heavy (non-hydrogen) atoms. The van der Waals surface area contributed by atoms with Gasteiger partial charge in [-0.05, 0) is 23.7 Å². The first kappa shape index (κ1) is 11.7. The topological polar surface area (TPSA) is 64.7 Å². The van der Waals surface area contributed by atoms with Gasteiger partial charge in [-0.1, -0.05) is 29.8 Å². The predicted octanol–water partition coefficient (Wildman–Crippen LogP) is 2.45. The number of benzene rings is 1. The maximum absolute atomic E-state index is 5.54. The molecule has 1 heterocycles. The van der Waals surface area contributed by atoms with E-state index in [1.54, 1.807) is 0 Å². The number of rotatable bonds is 0. The van der Waals surface area contributed by atoms with Crippen molar-refractivity contribution >= 4 is 29.2 Å². The maximum Gasteiger partial charge on any atom is 0.227 e. The highest BCUT2D eigenvalue weighted by atomic mass is 35.5. The summed E-state index contributed by atoms with van der Waals surface area (Å²) in [6.07, 6.45) is 1.25. The lowest BCUT2D eigenvalue weighted by molar-refractivity contribution is 1.06. The monoisotopic (exact) mass is 242 g/mol. The van der Waals surface area contributed by atoms with Crippen LogP contribution in [0.4, 0.5) is 5.95 Å². The third-order valence-electron chi connectivity index (χ3n) is 1.29. The highest BCUT2D eigenvalue weighted by Crippen LogP contribution is 2.03. The van der Waals surface area contributed by atoms with Crippen LogP contribution in [0.15, 0.2) is 36.7 Å². The molecule has 1 aromatic heterocycles. The average molecular weight is 243 g/mol. The summed E-state index contributed by atoms with van der Waals surface area (Å²) in [4.78, 5) is 10.5. The summed E-state index contributed by atoms with van der Waals surface area (Å²) < 4.78 is 0. The Morgan fingerprint density at radius 3 is 2.00 bits per heavy atom. The highest BCUT2D eigenvalue weighted by molar-refractivity contribution is 6.30. The first-order valence-electron chi connectivity index (χ1n) is 3.99. The van der Waals surface area contributed by atoms with Crippen LogP contribution in [0.25, 0.3) is 0 Å². The van der Waals surface area contributed by atoms with Gasteiger partial charge in [0.1, 0.15) is 6.33 Å². The van der Waals surface area contributed by atoms with Crippen LogP contribution in [0.2, 0.25) is 10.3 Å². The minimum Gasteiger partial charge on any atom is -0.368 e. The molecule has 0 aliphatic rings. The highest BCUT2D eigenvalue weighted by Gasteiger charge is 1.87. The number of aromatic nitrogens is 3. The Morgan fingerprint density at radius 2 is 1.67 bits per heavy atom. The smallest absolute Gasteiger partial charge is 0.227 e. The Kier molecular flexibility index (Phi) is 4.80. The van der Waals surface area contributed by atoms with E-state index in [0.29, 0.717) is 0 Å². The summed E-state index contributed by atoms with van der Waals surface area (Å²) in [6, 6.07) is 9.44. The number of nitrogens with two attached hydrogens (primary N) is 1. The fourth-order valence-electron chi connectivity index (χ4n) is 0.703. The average Bonchev–Trinajstić information content (AvgIpc) is 2.19. The lowest BCUT2D eigenvalue weighted by Gasteiger charge is -1.86. The molecule has 0 aliphatic carbocycles. The number of hydrogen-bond donors (Lipinski definition) is 1. The van der Waals surface area contributed by atoms with Gasteiger partial charge in [0, 0.05) is 5.02 Å². The van der Waals surface area contributed by atoms with Gasteiger partial charge in [-0.3, -0.25) is 0 Å². The van der Waals surface area contributed by atoms with Gasteiger partial charge in [0.25, 0.3) is 0 Å². The Balaban J connectivity index is 0.000000151. The van der Waals surface area contributed by atoms with Gasteiger partial charge in [0.15, 0.2) is 0 Å². The molecule has 0 radical (unpaired) electrons. The largest absolute Gasteiger partial charge is 0.368 e. The van der Waals surface area contributed by atoms with Crippen molar-refractivity contribution in [2.24, 2.45) is 0 Å². The molecule has 78 valence electrons. The van der Waals surface area contributed by atoms with E-state index in [0.717, 1.165) is 5.02 Å². The molecule has 6 heteroatoms. The van der Waals surface area contributed by atoms with Crippen molar-refractivity contribution in [2.75, 3.05) is 5.73 Å². The molecule has 0 atom stereocenters. The van der Waals surface area contributed by atoms with Crippen molar-refractivity contribution < 1.29 is 0 Å². The zero-order chi connectivity index (χ0) is 11.1. The van der Waals surface area contributed by atoms with Gasteiger partial charge in [-0.25, -0.2) is 9.97 Å². The molecule has 0 unspecified atom stereocenters. The third kappa shape index (κ3) is 5.15. The van der Waals surface area contributed by atoms with Crippen molar-refractivity contribution in [2.45, 2.75) is 0 Å². The zero-order valence-corrected chi connectivity index (χ0v) is 9.15. The molecule has 2 rings (SSSR count). The third-order valence-corrected chi connectivity index (χ3v) is 1.73. The van der Waals surface area contributed by atoms with E-state index in [2.05, 4.69) is 15.0 Å². The van der Waals surface area contributed by atoms with Gasteiger partial charge in [0.2, 0.25) is 11.2 Å². The van der Waals surface area contributed by atoms with Gasteiger partial charge in [-0.15, -0.1) is 0 Å². The second-order valence-corrected chi connectivity index (χ2v) is 3.18. The van der Waals surface area contributed by atoms with E-state index in [9.17, 15) is 0 Å². The van der Waals surface area contributed by atoms with Crippen molar-refractivity contribution in [3.8, 4) is 0 Å². The molecule has 0 saturated carbocycles. The Bertz CT molecular complexity index is 391. The second-order valence-electron chi connectivity index (χ2n) is 2.41. The summed E-state index contributed by atoms with van der Waals surface area (Å²) >= 11 is 10.8.